The van der Waals surface area contributed by atoms with Crippen LogP contribution in [0.25, 0.3) is 0 Å². The normalized spacial score (nSPS) is 24.5. The summed E-state index contributed by atoms with van der Waals surface area (Å²) in [6.45, 7) is 0.790. The summed E-state index contributed by atoms with van der Waals surface area (Å²) in [5.74, 6) is 1.98. The van der Waals surface area contributed by atoms with Gasteiger partial charge in [-0.25, -0.2) is 8.42 Å². The fourth-order valence-corrected chi connectivity index (χ4v) is 5.35. The van der Waals surface area contributed by atoms with Gasteiger partial charge in [-0.1, -0.05) is 12.1 Å². The molecule has 2 aliphatic rings. The minimum absolute atomic E-state index is 0.262. The van der Waals surface area contributed by atoms with Gasteiger partial charge in [0, 0.05) is 12.5 Å². The molecule has 1 aromatic carbocycles. The van der Waals surface area contributed by atoms with Crippen molar-refractivity contribution >= 4 is 9.84 Å². The van der Waals surface area contributed by atoms with Crippen LogP contribution < -0.4 is 10.1 Å². The third-order valence-electron chi connectivity index (χ3n) is 4.71. The van der Waals surface area contributed by atoms with Crippen molar-refractivity contribution in [3.63, 3.8) is 0 Å². The lowest BCUT2D eigenvalue weighted by Gasteiger charge is -2.22. The van der Waals surface area contributed by atoms with Crippen LogP contribution in [0, 0.1) is 5.92 Å². The molecule has 0 amide bonds. The maximum absolute atomic E-state index is 11.6. The van der Waals surface area contributed by atoms with Gasteiger partial charge in [-0.3, -0.25) is 0 Å². The Hall–Kier alpha value is -1.07. The predicted molar refractivity (Wildman–Crippen MR) is 83.6 cm³/mol. The number of ether oxygens (including phenoxy) is 1. The van der Waals surface area contributed by atoms with Crippen molar-refractivity contribution in [2.24, 2.45) is 5.92 Å². The largest absolute Gasteiger partial charge is 0.493 e. The van der Waals surface area contributed by atoms with E-state index in [-0.39, 0.29) is 12.0 Å². The van der Waals surface area contributed by atoms with E-state index in [1.807, 2.05) is 7.05 Å². The third-order valence-corrected chi connectivity index (χ3v) is 6.50. The summed E-state index contributed by atoms with van der Waals surface area (Å²) in [5.41, 5.74) is 2.62. The number of sulfone groups is 1. The van der Waals surface area contributed by atoms with Crippen molar-refractivity contribution in [3.8, 4) is 5.75 Å². The molecule has 1 aromatic rings. The molecule has 2 aliphatic heterocycles. The summed E-state index contributed by atoms with van der Waals surface area (Å²) in [7, 11) is -0.861. The van der Waals surface area contributed by atoms with E-state index in [9.17, 15) is 8.42 Å². The average molecular weight is 309 g/mol. The highest BCUT2D eigenvalue weighted by Crippen LogP contribution is 2.28. The first-order valence-corrected chi connectivity index (χ1v) is 9.52. The minimum atomic E-state index is -2.80. The smallest absolute Gasteiger partial charge is 0.150 e. The van der Waals surface area contributed by atoms with E-state index in [1.165, 1.54) is 11.1 Å². The monoisotopic (exact) mass is 309 g/mol. The summed E-state index contributed by atoms with van der Waals surface area (Å²) in [5, 5.41) is 3.32. The number of nitrogens with one attached hydrogen (secondary N) is 1. The summed E-state index contributed by atoms with van der Waals surface area (Å²) in [4.78, 5) is 0. The van der Waals surface area contributed by atoms with Crippen molar-refractivity contribution in [1.82, 2.24) is 5.32 Å². The number of benzene rings is 1. The Morgan fingerprint density at radius 2 is 2.29 bits per heavy atom. The van der Waals surface area contributed by atoms with E-state index in [0.29, 0.717) is 11.5 Å². The maximum atomic E-state index is 11.6. The van der Waals surface area contributed by atoms with Crippen LogP contribution >= 0.6 is 0 Å². The molecule has 21 heavy (non-hydrogen) atoms. The van der Waals surface area contributed by atoms with Gasteiger partial charge in [-0.05, 0) is 49.4 Å². The highest BCUT2D eigenvalue weighted by Gasteiger charge is 2.32. The summed E-state index contributed by atoms with van der Waals surface area (Å²) in [6.07, 6.45) is 3.76. The zero-order valence-electron chi connectivity index (χ0n) is 12.5. The molecule has 3 rings (SSSR count). The van der Waals surface area contributed by atoms with Gasteiger partial charge in [0.2, 0.25) is 0 Å². The van der Waals surface area contributed by atoms with Gasteiger partial charge < -0.3 is 10.1 Å². The Morgan fingerprint density at radius 3 is 3.00 bits per heavy atom. The number of fused-ring (bicyclic) bond motifs is 1. The highest BCUT2D eigenvalue weighted by atomic mass is 32.2. The molecule has 1 saturated heterocycles. The van der Waals surface area contributed by atoms with Gasteiger partial charge >= 0.3 is 0 Å². The van der Waals surface area contributed by atoms with Crippen LogP contribution in [-0.4, -0.2) is 39.6 Å². The molecule has 0 radical (unpaired) electrons. The molecule has 1 fully saturated rings. The van der Waals surface area contributed by atoms with Crippen LogP contribution in [0.1, 0.15) is 24.0 Å². The van der Waals surface area contributed by atoms with Crippen molar-refractivity contribution in [3.05, 3.63) is 29.3 Å². The zero-order valence-corrected chi connectivity index (χ0v) is 13.3. The maximum Gasteiger partial charge on any atom is 0.150 e. The van der Waals surface area contributed by atoms with E-state index in [0.717, 1.165) is 38.0 Å². The molecule has 0 saturated carbocycles. The van der Waals surface area contributed by atoms with E-state index < -0.39 is 9.84 Å². The molecule has 0 aliphatic carbocycles. The Bertz CT molecular complexity index is 612. The molecule has 116 valence electrons. The Balaban J connectivity index is 1.60. The first-order chi connectivity index (χ1) is 10.1. The fourth-order valence-electron chi connectivity index (χ4n) is 3.47. The Morgan fingerprint density at radius 1 is 1.43 bits per heavy atom. The lowest BCUT2D eigenvalue weighted by molar-refractivity contribution is 0.356. The van der Waals surface area contributed by atoms with Gasteiger partial charge in [0.05, 0.1) is 18.1 Å². The Kier molecular flexibility index (Phi) is 4.22. The second kappa shape index (κ2) is 5.97. The van der Waals surface area contributed by atoms with E-state index in [2.05, 4.69) is 23.5 Å². The molecular weight excluding hydrogens is 286 g/mol. The molecule has 2 atom stereocenters. The van der Waals surface area contributed by atoms with Crippen molar-refractivity contribution in [2.75, 3.05) is 25.2 Å². The molecule has 2 heterocycles. The molecule has 0 spiro atoms. The summed E-state index contributed by atoms with van der Waals surface area (Å²) in [6, 6.07) is 6.71. The van der Waals surface area contributed by atoms with Gasteiger partial charge in [0.25, 0.3) is 0 Å². The SMILES string of the molecule is CNC(CCc1ccc2c(c1)CCO2)C1CCS(=O)(=O)C1. The average Bonchev–Trinajstić information content (AvgIpc) is 3.05. The third kappa shape index (κ3) is 3.40. The second-order valence-corrected chi connectivity index (χ2v) is 8.37. The summed E-state index contributed by atoms with van der Waals surface area (Å²) < 4.78 is 28.8. The van der Waals surface area contributed by atoms with Crippen LogP contribution in [0.4, 0.5) is 0 Å². The molecule has 0 aromatic heterocycles. The molecule has 0 bridgehead atoms. The zero-order chi connectivity index (χ0) is 14.9. The lowest BCUT2D eigenvalue weighted by atomic mass is 9.93. The molecular formula is C16H23NO3S. The van der Waals surface area contributed by atoms with Crippen molar-refractivity contribution in [2.45, 2.75) is 31.7 Å². The van der Waals surface area contributed by atoms with E-state index in [1.54, 1.807) is 0 Å². The topological polar surface area (TPSA) is 55.4 Å². The van der Waals surface area contributed by atoms with Crippen molar-refractivity contribution in [1.29, 1.82) is 0 Å². The standard InChI is InChI=1S/C16H23NO3S/c1-17-15(14-7-9-21(18,19)11-14)4-2-12-3-5-16-13(10-12)6-8-20-16/h3,5,10,14-15,17H,2,4,6-9,11H2,1H3. The molecule has 1 N–H and O–H groups in total. The van der Waals surface area contributed by atoms with Crippen LogP contribution in [0.5, 0.6) is 5.75 Å². The van der Waals surface area contributed by atoms with Crippen LogP contribution in [-0.2, 0) is 22.7 Å². The number of hydrogen-bond acceptors (Lipinski definition) is 4. The predicted octanol–water partition coefficient (Wildman–Crippen LogP) is 1.58. The van der Waals surface area contributed by atoms with Gasteiger partial charge in [0.1, 0.15) is 5.75 Å². The quantitative estimate of drug-likeness (QED) is 0.897. The van der Waals surface area contributed by atoms with Gasteiger partial charge in [0.15, 0.2) is 9.84 Å². The lowest BCUT2D eigenvalue weighted by Crippen LogP contribution is -2.34. The van der Waals surface area contributed by atoms with Crippen LogP contribution in [0.2, 0.25) is 0 Å². The highest BCUT2D eigenvalue weighted by molar-refractivity contribution is 7.91. The molecule has 2 unspecified atom stereocenters. The number of aryl methyl sites for hydroxylation is 1. The van der Waals surface area contributed by atoms with E-state index >= 15 is 0 Å². The summed E-state index contributed by atoms with van der Waals surface area (Å²) >= 11 is 0. The van der Waals surface area contributed by atoms with Gasteiger partial charge in [-0.2, -0.15) is 0 Å². The molecule has 5 heteroatoms. The van der Waals surface area contributed by atoms with Crippen molar-refractivity contribution < 1.29 is 13.2 Å². The number of hydrogen-bond donors (Lipinski definition) is 1. The van der Waals surface area contributed by atoms with Gasteiger partial charge in [-0.15, -0.1) is 0 Å². The second-order valence-electron chi connectivity index (χ2n) is 6.14. The Labute approximate surface area is 126 Å². The number of rotatable bonds is 5. The fraction of sp³-hybridized carbons (Fsp3) is 0.625. The molecule has 4 nitrogen and oxygen atoms in total. The van der Waals surface area contributed by atoms with E-state index in [4.69, 9.17) is 4.74 Å². The minimum Gasteiger partial charge on any atom is -0.493 e. The first-order valence-electron chi connectivity index (χ1n) is 7.70. The first kappa shape index (κ1) is 14.9. The van der Waals surface area contributed by atoms with Crippen LogP contribution in [0.3, 0.4) is 0 Å². The van der Waals surface area contributed by atoms with Crippen LogP contribution in [0.15, 0.2) is 18.2 Å².